The predicted molar refractivity (Wildman–Crippen MR) is 96.2 cm³/mol. The molecular weight excluding hydrogens is 324 g/mol. The van der Waals surface area contributed by atoms with E-state index in [0.29, 0.717) is 11.2 Å². The second-order valence-corrected chi connectivity index (χ2v) is 10.8. The molecular formula is C23H32O3. The molecule has 6 saturated carbocycles. The van der Waals surface area contributed by atoms with Crippen molar-refractivity contribution in [2.45, 2.75) is 70.5 Å². The molecule has 26 heavy (non-hydrogen) atoms. The first kappa shape index (κ1) is 15.5. The Morgan fingerprint density at radius 2 is 1.85 bits per heavy atom. The highest BCUT2D eigenvalue weighted by molar-refractivity contribution is 5.87. The Labute approximate surface area is 156 Å². The lowest BCUT2D eigenvalue weighted by atomic mass is 9.49. The summed E-state index contributed by atoms with van der Waals surface area (Å²) >= 11 is 0. The van der Waals surface area contributed by atoms with Crippen LogP contribution < -0.4 is 0 Å². The molecule has 9 atom stereocenters. The summed E-state index contributed by atoms with van der Waals surface area (Å²) in [5.74, 6) is 6.47. The number of ketones is 1. The van der Waals surface area contributed by atoms with Crippen LogP contribution in [0.1, 0.15) is 64.7 Å². The van der Waals surface area contributed by atoms with Gasteiger partial charge in [0, 0.05) is 24.2 Å². The van der Waals surface area contributed by atoms with Crippen molar-refractivity contribution in [2.24, 2.45) is 52.3 Å². The summed E-state index contributed by atoms with van der Waals surface area (Å²) in [4.78, 5) is 12.9. The maximum atomic E-state index is 12.9. The molecule has 6 aliphatic carbocycles. The van der Waals surface area contributed by atoms with Crippen molar-refractivity contribution >= 4 is 5.78 Å². The van der Waals surface area contributed by atoms with Crippen LogP contribution in [0.15, 0.2) is 0 Å². The summed E-state index contributed by atoms with van der Waals surface area (Å²) < 4.78 is 12.4. The summed E-state index contributed by atoms with van der Waals surface area (Å²) in [6.45, 7) is 3.90. The molecule has 3 nitrogen and oxygen atoms in total. The third kappa shape index (κ3) is 1.44. The number of ether oxygens (including phenoxy) is 2. The Bertz CT molecular complexity index is 681. The normalized spacial score (nSPS) is 60.2. The maximum absolute atomic E-state index is 12.9. The molecule has 0 aromatic heterocycles. The van der Waals surface area contributed by atoms with Gasteiger partial charge in [-0.1, -0.05) is 13.3 Å². The van der Waals surface area contributed by atoms with Crippen LogP contribution in [0.4, 0.5) is 0 Å². The van der Waals surface area contributed by atoms with Gasteiger partial charge in [0.15, 0.2) is 5.79 Å². The molecule has 0 radical (unpaired) electrons. The van der Waals surface area contributed by atoms with Crippen LogP contribution in [0.25, 0.3) is 0 Å². The summed E-state index contributed by atoms with van der Waals surface area (Å²) in [7, 11) is 0. The number of carbonyl (C=O) groups excluding carboxylic acids is 1. The number of fused-ring (bicyclic) bond motifs is 7. The van der Waals surface area contributed by atoms with Crippen molar-refractivity contribution in [3.63, 3.8) is 0 Å². The molecule has 7 aliphatic rings. The minimum absolute atomic E-state index is 0.0897. The maximum Gasteiger partial charge on any atom is 0.172 e. The van der Waals surface area contributed by atoms with Gasteiger partial charge >= 0.3 is 0 Å². The van der Waals surface area contributed by atoms with Gasteiger partial charge in [-0.3, -0.25) is 4.79 Å². The van der Waals surface area contributed by atoms with Gasteiger partial charge in [-0.05, 0) is 79.4 Å². The van der Waals surface area contributed by atoms with E-state index in [1.807, 2.05) is 0 Å². The number of Topliss-reactive ketones (excluding diaryl/α,β-unsaturated/α-hetero) is 1. The molecule has 142 valence electrons. The van der Waals surface area contributed by atoms with E-state index >= 15 is 0 Å². The van der Waals surface area contributed by atoms with E-state index in [9.17, 15) is 4.79 Å². The van der Waals surface area contributed by atoms with Crippen LogP contribution in [0.3, 0.4) is 0 Å². The van der Waals surface area contributed by atoms with Gasteiger partial charge in [0.1, 0.15) is 5.78 Å². The Morgan fingerprint density at radius 3 is 2.65 bits per heavy atom. The lowest BCUT2D eigenvalue weighted by Gasteiger charge is -2.56. The van der Waals surface area contributed by atoms with Crippen molar-refractivity contribution in [1.82, 2.24) is 0 Å². The highest BCUT2D eigenvalue weighted by Gasteiger charge is 2.95. The fourth-order valence-electron chi connectivity index (χ4n) is 10.2. The smallest absolute Gasteiger partial charge is 0.172 e. The Morgan fingerprint density at radius 1 is 1.00 bits per heavy atom. The molecule has 1 aliphatic heterocycles. The van der Waals surface area contributed by atoms with Crippen molar-refractivity contribution in [3.05, 3.63) is 0 Å². The van der Waals surface area contributed by atoms with Crippen molar-refractivity contribution < 1.29 is 14.3 Å². The lowest BCUT2D eigenvalue weighted by Crippen LogP contribution is -2.54. The minimum Gasteiger partial charge on any atom is -0.347 e. The molecule has 1 saturated heterocycles. The third-order valence-corrected chi connectivity index (χ3v) is 10.7. The first-order valence-corrected chi connectivity index (χ1v) is 11.5. The van der Waals surface area contributed by atoms with Gasteiger partial charge in [-0.25, -0.2) is 0 Å². The quantitative estimate of drug-likeness (QED) is 0.744. The number of hydrogen-bond donors (Lipinski definition) is 0. The van der Waals surface area contributed by atoms with E-state index in [1.54, 1.807) is 0 Å². The van der Waals surface area contributed by atoms with Crippen LogP contribution in [-0.2, 0) is 14.3 Å². The molecule has 0 aromatic rings. The van der Waals surface area contributed by atoms with E-state index in [0.717, 1.165) is 73.9 Å². The third-order valence-electron chi connectivity index (χ3n) is 10.7. The Kier molecular flexibility index (Phi) is 2.74. The minimum atomic E-state index is -0.172. The Balaban J connectivity index is 1.21. The molecule has 7 fully saturated rings. The SMILES string of the molecule is CCC[C@]12CCC3C(CC4C5[C@H]6C7(CCC3[C@@]456)OCCO7)C1CCC2=O. The molecule has 2 spiro atoms. The van der Waals surface area contributed by atoms with E-state index in [4.69, 9.17) is 9.47 Å². The van der Waals surface area contributed by atoms with E-state index in [-0.39, 0.29) is 11.2 Å². The van der Waals surface area contributed by atoms with Crippen molar-refractivity contribution in [2.75, 3.05) is 13.2 Å². The largest absolute Gasteiger partial charge is 0.347 e. The van der Waals surface area contributed by atoms with Crippen LogP contribution in [-0.4, -0.2) is 24.8 Å². The zero-order valence-corrected chi connectivity index (χ0v) is 16.0. The van der Waals surface area contributed by atoms with E-state index in [1.165, 1.54) is 38.5 Å². The zero-order valence-electron chi connectivity index (χ0n) is 16.0. The first-order valence-electron chi connectivity index (χ1n) is 11.5. The fraction of sp³-hybridized carbons (Fsp3) is 0.957. The molecule has 7 rings (SSSR count). The highest BCUT2D eigenvalue weighted by Crippen LogP contribution is 2.96. The predicted octanol–water partition coefficient (Wildman–Crippen LogP) is 4.20. The van der Waals surface area contributed by atoms with Gasteiger partial charge < -0.3 is 9.47 Å². The van der Waals surface area contributed by atoms with Gasteiger partial charge in [0.25, 0.3) is 0 Å². The molecule has 6 unspecified atom stereocenters. The van der Waals surface area contributed by atoms with Crippen LogP contribution in [0.5, 0.6) is 0 Å². The number of rotatable bonds is 2. The van der Waals surface area contributed by atoms with Crippen molar-refractivity contribution in [1.29, 1.82) is 0 Å². The van der Waals surface area contributed by atoms with Gasteiger partial charge in [0.05, 0.1) is 13.2 Å². The van der Waals surface area contributed by atoms with Crippen LogP contribution in [0.2, 0.25) is 0 Å². The summed E-state index contributed by atoms with van der Waals surface area (Å²) in [6, 6.07) is 0. The topological polar surface area (TPSA) is 35.5 Å². The summed E-state index contributed by atoms with van der Waals surface area (Å²) in [5, 5.41) is 0. The van der Waals surface area contributed by atoms with Crippen LogP contribution in [0, 0.1) is 52.3 Å². The second-order valence-electron chi connectivity index (χ2n) is 10.8. The Hall–Kier alpha value is -0.410. The highest BCUT2D eigenvalue weighted by atomic mass is 16.7. The summed E-state index contributed by atoms with van der Waals surface area (Å²) in [5.41, 5.74) is 0.712. The first-order chi connectivity index (χ1) is 12.7. The van der Waals surface area contributed by atoms with E-state index < -0.39 is 0 Å². The van der Waals surface area contributed by atoms with Gasteiger partial charge in [0.2, 0.25) is 0 Å². The van der Waals surface area contributed by atoms with Crippen molar-refractivity contribution in [3.8, 4) is 0 Å². The zero-order chi connectivity index (χ0) is 17.3. The average molecular weight is 357 g/mol. The molecule has 0 N–H and O–H groups in total. The van der Waals surface area contributed by atoms with Gasteiger partial charge in [-0.15, -0.1) is 0 Å². The second kappa shape index (κ2) is 4.59. The summed E-state index contributed by atoms with van der Waals surface area (Å²) in [6.07, 6.45) is 10.9. The monoisotopic (exact) mass is 356 g/mol. The average Bonchev–Trinajstić information content (AvgIpc) is 3.38. The molecule has 1 heterocycles. The fourth-order valence-corrected chi connectivity index (χ4v) is 10.2. The molecule has 0 aromatic carbocycles. The number of carbonyl (C=O) groups is 1. The molecule has 0 amide bonds. The van der Waals surface area contributed by atoms with Gasteiger partial charge in [-0.2, -0.15) is 0 Å². The molecule has 0 bridgehead atoms. The van der Waals surface area contributed by atoms with E-state index in [2.05, 4.69) is 6.92 Å². The standard InChI is InChI=1S/C23H32O3/c1-2-7-21-8-5-13-14(15(21)3-4-18(21)24)12-17-19-20-22(25-10-11-26-22)9-6-16(13)23(17,19)20/h13-17,19-20H,2-12H2,1H3/t13?,14?,15?,16?,17?,19?,20-,21-,23+/m0/s1. The molecule has 3 heteroatoms. The lowest BCUT2D eigenvalue weighted by molar-refractivity contribution is -0.229. The number of hydrogen-bond acceptors (Lipinski definition) is 3. The van der Waals surface area contributed by atoms with Crippen LogP contribution >= 0.6 is 0 Å².